The summed E-state index contributed by atoms with van der Waals surface area (Å²) in [7, 11) is 2.02. The number of allylic oxidation sites excluding steroid dienone is 1. The van der Waals surface area contributed by atoms with Gasteiger partial charge in [0.25, 0.3) is 0 Å². The molecule has 1 unspecified atom stereocenters. The molecule has 0 aliphatic heterocycles. The molecule has 1 aromatic rings. The highest BCUT2D eigenvalue weighted by molar-refractivity contribution is 9.09. The lowest BCUT2D eigenvalue weighted by Crippen LogP contribution is -1.79. The Kier molecular flexibility index (Phi) is 2.94. The summed E-state index contributed by atoms with van der Waals surface area (Å²) in [6.45, 7) is 2.10. The van der Waals surface area contributed by atoms with Crippen LogP contribution in [0.25, 0.3) is 6.08 Å². The first kappa shape index (κ1) is 8.60. The van der Waals surface area contributed by atoms with E-state index in [9.17, 15) is 0 Å². The number of aromatic nitrogens is 1. The summed E-state index contributed by atoms with van der Waals surface area (Å²) in [4.78, 5) is 0.447. The van der Waals surface area contributed by atoms with Crippen LogP contribution in [0.2, 0.25) is 0 Å². The number of alkyl halides is 1. The van der Waals surface area contributed by atoms with E-state index in [-0.39, 0.29) is 0 Å². The van der Waals surface area contributed by atoms with Gasteiger partial charge in [-0.3, -0.25) is 0 Å². The average molecular weight is 214 g/mol. The Bertz CT molecular complexity index is 248. The minimum Gasteiger partial charge on any atom is -0.357 e. The summed E-state index contributed by atoms with van der Waals surface area (Å²) in [6, 6.07) is 2.09. The number of halogens is 1. The summed E-state index contributed by atoms with van der Waals surface area (Å²) in [5.41, 5.74) is 1.25. The van der Waals surface area contributed by atoms with Crippen molar-refractivity contribution in [3.63, 3.8) is 0 Å². The van der Waals surface area contributed by atoms with Gasteiger partial charge in [0.2, 0.25) is 0 Å². The van der Waals surface area contributed by atoms with Gasteiger partial charge in [0.15, 0.2) is 0 Å². The summed E-state index contributed by atoms with van der Waals surface area (Å²) < 4.78 is 2.04. The highest BCUT2D eigenvalue weighted by Crippen LogP contribution is 2.06. The lowest BCUT2D eigenvalue weighted by Gasteiger charge is -1.89. The van der Waals surface area contributed by atoms with Crippen molar-refractivity contribution < 1.29 is 0 Å². The van der Waals surface area contributed by atoms with Gasteiger partial charge in [0.05, 0.1) is 0 Å². The van der Waals surface area contributed by atoms with Crippen LogP contribution in [0.3, 0.4) is 0 Å². The van der Waals surface area contributed by atoms with E-state index in [0.717, 1.165) is 0 Å². The van der Waals surface area contributed by atoms with E-state index in [1.165, 1.54) is 5.56 Å². The van der Waals surface area contributed by atoms with Crippen LogP contribution in [0.5, 0.6) is 0 Å². The van der Waals surface area contributed by atoms with Crippen LogP contribution in [0.1, 0.15) is 12.5 Å². The third-order valence-corrected chi connectivity index (χ3v) is 1.71. The van der Waals surface area contributed by atoms with Crippen molar-refractivity contribution in [2.75, 3.05) is 0 Å². The number of rotatable bonds is 2. The van der Waals surface area contributed by atoms with Crippen LogP contribution in [0.4, 0.5) is 0 Å². The molecule has 0 amide bonds. The molecule has 1 nitrogen and oxygen atoms in total. The lowest BCUT2D eigenvalue weighted by atomic mass is 10.3. The fraction of sp³-hybridized carbons (Fsp3) is 0.333. The van der Waals surface area contributed by atoms with Crippen molar-refractivity contribution in [3.8, 4) is 0 Å². The SMILES string of the molecule is CC(Br)/C=C/c1ccn(C)c1. The van der Waals surface area contributed by atoms with Crippen LogP contribution >= 0.6 is 15.9 Å². The van der Waals surface area contributed by atoms with Gasteiger partial charge in [-0.1, -0.05) is 28.1 Å². The number of hydrogen-bond donors (Lipinski definition) is 0. The predicted octanol–water partition coefficient (Wildman–Crippen LogP) is 2.82. The zero-order valence-electron chi connectivity index (χ0n) is 6.79. The zero-order chi connectivity index (χ0) is 8.27. The lowest BCUT2D eigenvalue weighted by molar-refractivity contribution is 0.927. The molecule has 0 aromatic carbocycles. The molecule has 0 spiro atoms. The van der Waals surface area contributed by atoms with Crippen molar-refractivity contribution in [2.24, 2.45) is 7.05 Å². The highest BCUT2D eigenvalue weighted by atomic mass is 79.9. The van der Waals surface area contributed by atoms with Crippen LogP contribution < -0.4 is 0 Å². The predicted molar refractivity (Wildman–Crippen MR) is 52.8 cm³/mol. The van der Waals surface area contributed by atoms with E-state index >= 15 is 0 Å². The van der Waals surface area contributed by atoms with Gasteiger partial charge in [-0.15, -0.1) is 0 Å². The van der Waals surface area contributed by atoms with Gasteiger partial charge in [-0.2, -0.15) is 0 Å². The minimum atomic E-state index is 0.447. The standard InChI is InChI=1S/C9H12BrN/c1-8(10)3-4-9-5-6-11(2)7-9/h3-8H,1-2H3/b4-3+. The minimum absolute atomic E-state index is 0.447. The fourth-order valence-corrected chi connectivity index (χ4v) is 1.02. The number of nitrogens with zero attached hydrogens (tertiary/aromatic N) is 1. The maximum absolute atomic E-state index is 3.45. The molecule has 2 heteroatoms. The summed E-state index contributed by atoms with van der Waals surface area (Å²) in [5, 5.41) is 0. The van der Waals surface area contributed by atoms with Gasteiger partial charge in [0, 0.05) is 24.3 Å². The van der Waals surface area contributed by atoms with Crippen molar-refractivity contribution >= 4 is 22.0 Å². The number of hydrogen-bond acceptors (Lipinski definition) is 0. The summed E-state index contributed by atoms with van der Waals surface area (Å²) in [6.07, 6.45) is 8.36. The molecule has 0 N–H and O–H groups in total. The molecule has 0 aliphatic carbocycles. The Morgan fingerprint density at radius 3 is 2.82 bits per heavy atom. The Morgan fingerprint density at radius 1 is 1.64 bits per heavy atom. The molecule has 0 radical (unpaired) electrons. The third kappa shape index (κ3) is 2.93. The zero-order valence-corrected chi connectivity index (χ0v) is 8.38. The molecule has 0 bridgehead atoms. The summed E-state index contributed by atoms with van der Waals surface area (Å²) in [5.74, 6) is 0. The number of aryl methyl sites for hydroxylation is 1. The van der Waals surface area contributed by atoms with Crippen LogP contribution in [0.15, 0.2) is 24.5 Å². The highest BCUT2D eigenvalue weighted by Gasteiger charge is 1.89. The maximum atomic E-state index is 3.45. The molecule has 1 aromatic heterocycles. The molecule has 1 rings (SSSR count). The Labute approximate surface area is 75.9 Å². The molecule has 0 aliphatic rings. The molecule has 11 heavy (non-hydrogen) atoms. The maximum Gasteiger partial charge on any atom is 0.0300 e. The molecule has 1 atom stereocenters. The normalized spacial score (nSPS) is 14.1. The first-order chi connectivity index (χ1) is 5.18. The molecule has 0 saturated carbocycles. The molecule has 0 saturated heterocycles. The van der Waals surface area contributed by atoms with Gasteiger partial charge in [-0.05, 0) is 18.6 Å². The smallest absolute Gasteiger partial charge is 0.0300 e. The van der Waals surface area contributed by atoms with Crippen molar-refractivity contribution in [3.05, 3.63) is 30.1 Å². The van der Waals surface area contributed by atoms with Gasteiger partial charge < -0.3 is 4.57 Å². The topological polar surface area (TPSA) is 4.93 Å². The molecular formula is C9H12BrN. The van der Waals surface area contributed by atoms with E-state index in [0.29, 0.717) is 4.83 Å². The van der Waals surface area contributed by atoms with Crippen molar-refractivity contribution in [1.29, 1.82) is 0 Å². The van der Waals surface area contributed by atoms with Crippen LogP contribution in [0, 0.1) is 0 Å². The molecule has 0 fully saturated rings. The first-order valence-electron chi connectivity index (χ1n) is 3.63. The van der Waals surface area contributed by atoms with E-state index in [1.54, 1.807) is 0 Å². The second kappa shape index (κ2) is 3.77. The van der Waals surface area contributed by atoms with E-state index < -0.39 is 0 Å². The largest absolute Gasteiger partial charge is 0.357 e. The Balaban J connectivity index is 2.64. The van der Waals surface area contributed by atoms with Crippen LogP contribution in [-0.4, -0.2) is 9.39 Å². The van der Waals surface area contributed by atoms with E-state index in [2.05, 4.69) is 47.3 Å². The fourth-order valence-electron chi connectivity index (χ4n) is 0.867. The van der Waals surface area contributed by atoms with Gasteiger partial charge in [-0.25, -0.2) is 0 Å². The monoisotopic (exact) mass is 213 g/mol. The van der Waals surface area contributed by atoms with E-state index in [4.69, 9.17) is 0 Å². The third-order valence-electron chi connectivity index (χ3n) is 1.41. The second-order valence-corrected chi connectivity index (χ2v) is 4.09. The second-order valence-electron chi connectivity index (χ2n) is 2.65. The Morgan fingerprint density at radius 2 is 2.36 bits per heavy atom. The quantitative estimate of drug-likeness (QED) is 0.667. The van der Waals surface area contributed by atoms with Gasteiger partial charge in [0.1, 0.15) is 0 Å². The molecular weight excluding hydrogens is 202 g/mol. The Hall–Kier alpha value is -0.500. The van der Waals surface area contributed by atoms with Crippen LogP contribution in [-0.2, 0) is 7.05 Å². The molecule has 1 heterocycles. The first-order valence-corrected chi connectivity index (χ1v) is 4.54. The van der Waals surface area contributed by atoms with Gasteiger partial charge >= 0.3 is 0 Å². The van der Waals surface area contributed by atoms with E-state index in [1.807, 2.05) is 17.8 Å². The average Bonchev–Trinajstić information content (AvgIpc) is 2.31. The van der Waals surface area contributed by atoms with Crippen molar-refractivity contribution in [1.82, 2.24) is 4.57 Å². The molecule has 60 valence electrons. The van der Waals surface area contributed by atoms with Crippen molar-refractivity contribution in [2.45, 2.75) is 11.8 Å². The summed E-state index contributed by atoms with van der Waals surface area (Å²) >= 11 is 3.45.